The molecule has 0 spiro atoms. The Morgan fingerprint density at radius 2 is 2.06 bits per heavy atom. The average Bonchev–Trinajstić information content (AvgIpc) is 2.39. The van der Waals surface area contributed by atoms with Crippen LogP contribution in [0.3, 0.4) is 0 Å². The lowest BCUT2D eigenvalue weighted by Crippen LogP contribution is -2.39. The molecule has 1 aromatic heterocycles. The van der Waals surface area contributed by atoms with Gasteiger partial charge in [-0.05, 0) is 36.8 Å². The molecular weight excluding hydrogens is 208 g/mol. The second kappa shape index (κ2) is 5.52. The number of rotatable bonds is 3. The molecule has 1 aliphatic carbocycles. The lowest BCUT2D eigenvalue weighted by molar-refractivity contribution is 0.320. The van der Waals surface area contributed by atoms with Crippen LogP contribution >= 0.6 is 0 Å². The number of aryl methyl sites for hydroxylation is 1. The fourth-order valence-electron chi connectivity index (χ4n) is 2.88. The summed E-state index contributed by atoms with van der Waals surface area (Å²) >= 11 is 0. The van der Waals surface area contributed by atoms with Crippen LogP contribution in [0, 0.1) is 5.92 Å². The van der Waals surface area contributed by atoms with E-state index in [1.165, 1.54) is 31.2 Å². The normalized spacial score (nSPS) is 24.6. The van der Waals surface area contributed by atoms with E-state index in [1.807, 2.05) is 6.20 Å². The fourth-order valence-corrected chi connectivity index (χ4v) is 2.88. The molecule has 94 valence electrons. The molecule has 1 aromatic rings. The molecule has 0 amide bonds. The van der Waals surface area contributed by atoms with Crippen molar-refractivity contribution in [2.45, 2.75) is 52.0 Å². The van der Waals surface area contributed by atoms with Crippen LogP contribution in [-0.4, -0.2) is 18.1 Å². The molecule has 0 aromatic carbocycles. The van der Waals surface area contributed by atoms with Crippen LogP contribution in [0.25, 0.3) is 0 Å². The van der Waals surface area contributed by atoms with Gasteiger partial charge in [-0.15, -0.1) is 0 Å². The van der Waals surface area contributed by atoms with Crippen molar-refractivity contribution < 1.29 is 0 Å². The van der Waals surface area contributed by atoms with Crippen molar-refractivity contribution in [1.29, 1.82) is 0 Å². The summed E-state index contributed by atoms with van der Waals surface area (Å²) in [4.78, 5) is 6.96. The summed E-state index contributed by atoms with van der Waals surface area (Å²) in [7, 11) is 2.19. The lowest BCUT2D eigenvalue weighted by Gasteiger charge is -2.37. The van der Waals surface area contributed by atoms with Crippen molar-refractivity contribution in [1.82, 2.24) is 4.98 Å². The Bertz CT molecular complexity index is 344. The van der Waals surface area contributed by atoms with Crippen LogP contribution in [0.4, 0.5) is 5.82 Å². The summed E-state index contributed by atoms with van der Waals surface area (Å²) in [6.45, 7) is 4.55. The quantitative estimate of drug-likeness (QED) is 0.790. The van der Waals surface area contributed by atoms with Gasteiger partial charge in [0, 0.05) is 19.3 Å². The first-order valence-corrected chi connectivity index (χ1v) is 6.90. The van der Waals surface area contributed by atoms with Gasteiger partial charge in [-0.3, -0.25) is 0 Å². The predicted molar refractivity (Wildman–Crippen MR) is 73.4 cm³/mol. The highest BCUT2D eigenvalue weighted by Gasteiger charge is 2.25. The third-order valence-electron chi connectivity index (χ3n) is 4.14. The van der Waals surface area contributed by atoms with Gasteiger partial charge < -0.3 is 4.90 Å². The minimum atomic E-state index is 0.670. The molecule has 1 fully saturated rings. The summed E-state index contributed by atoms with van der Waals surface area (Å²) < 4.78 is 0. The standard InChI is InChI=1S/C15H24N2/c1-4-13-9-10-15(16-11-13)17(3)14-8-6-5-7-12(14)2/h9-12,14H,4-8H2,1-3H3. The van der Waals surface area contributed by atoms with E-state index in [1.54, 1.807) is 0 Å². The first kappa shape index (κ1) is 12.4. The molecule has 0 bridgehead atoms. The van der Waals surface area contributed by atoms with Gasteiger partial charge in [-0.25, -0.2) is 4.98 Å². The predicted octanol–water partition coefficient (Wildman–Crippen LogP) is 3.66. The highest BCUT2D eigenvalue weighted by atomic mass is 15.2. The summed E-state index contributed by atoms with van der Waals surface area (Å²) in [6.07, 6.45) is 8.52. The van der Waals surface area contributed by atoms with Crippen LogP contribution < -0.4 is 4.90 Å². The zero-order chi connectivity index (χ0) is 12.3. The maximum atomic E-state index is 4.59. The minimum Gasteiger partial charge on any atom is -0.356 e. The Morgan fingerprint density at radius 3 is 2.65 bits per heavy atom. The average molecular weight is 232 g/mol. The lowest BCUT2D eigenvalue weighted by atomic mass is 9.85. The van der Waals surface area contributed by atoms with Crippen LogP contribution in [-0.2, 0) is 6.42 Å². The number of nitrogens with zero attached hydrogens (tertiary/aromatic N) is 2. The summed E-state index contributed by atoms with van der Waals surface area (Å²) in [5, 5.41) is 0. The Balaban J connectivity index is 2.09. The summed E-state index contributed by atoms with van der Waals surface area (Å²) in [6, 6.07) is 5.04. The molecule has 0 radical (unpaired) electrons. The molecule has 0 saturated heterocycles. The third kappa shape index (κ3) is 2.80. The van der Waals surface area contributed by atoms with Gasteiger partial charge >= 0.3 is 0 Å². The topological polar surface area (TPSA) is 16.1 Å². The number of hydrogen-bond acceptors (Lipinski definition) is 2. The molecule has 2 heteroatoms. The van der Waals surface area contributed by atoms with Gasteiger partial charge in [0.05, 0.1) is 0 Å². The maximum Gasteiger partial charge on any atom is 0.128 e. The van der Waals surface area contributed by atoms with Gasteiger partial charge in [0.2, 0.25) is 0 Å². The number of hydrogen-bond donors (Lipinski definition) is 0. The van der Waals surface area contributed by atoms with E-state index in [4.69, 9.17) is 0 Å². The third-order valence-corrected chi connectivity index (χ3v) is 4.14. The smallest absolute Gasteiger partial charge is 0.128 e. The maximum absolute atomic E-state index is 4.59. The van der Waals surface area contributed by atoms with Crippen molar-refractivity contribution in [3.8, 4) is 0 Å². The molecule has 2 atom stereocenters. The highest BCUT2D eigenvalue weighted by molar-refractivity contribution is 5.39. The summed E-state index contributed by atoms with van der Waals surface area (Å²) in [5.74, 6) is 1.92. The monoisotopic (exact) mass is 232 g/mol. The Hall–Kier alpha value is -1.05. The number of aromatic nitrogens is 1. The summed E-state index contributed by atoms with van der Waals surface area (Å²) in [5.41, 5.74) is 1.32. The SMILES string of the molecule is CCc1ccc(N(C)C2CCCCC2C)nc1. The molecule has 2 nitrogen and oxygen atoms in total. The molecule has 17 heavy (non-hydrogen) atoms. The van der Waals surface area contributed by atoms with Crippen molar-refractivity contribution >= 4 is 5.82 Å². The van der Waals surface area contributed by atoms with Gasteiger partial charge in [0.1, 0.15) is 5.82 Å². The Kier molecular flexibility index (Phi) is 4.03. The molecule has 1 aliphatic rings. The molecular formula is C15H24N2. The van der Waals surface area contributed by atoms with E-state index in [-0.39, 0.29) is 0 Å². The van der Waals surface area contributed by atoms with Gasteiger partial charge in [-0.2, -0.15) is 0 Å². The van der Waals surface area contributed by atoms with E-state index in [0.717, 1.165) is 18.2 Å². The first-order chi connectivity index (χ1) is 8.22. The van der Waals surface area contributed by atoms with Crippen molar-refractivity contribution in [2.24, 2.45) is 5.92 Å². The Labute approximate surface area is 105 Å². The highest BCUT2D eigenvalue weighted by Crippen LogP contribution is 2.29. The van der Waals surface area contributed by atoms with Crippen molar-refractivity contribution in [3.63, 3.8) is 0 Å². The minimum absolute atomic E-state index is 0.670. The zero-order valence-corrected chi connectivity index (χ0v) is 11.3. The molecule has 0 N–H and O–H groups in total. The van der Waals surface area contributed by atoms with Crippen LogP contribution in [0.15, 0.2) is 18.3 Å². The van der Waals surface area contributed by atoms with Crippen LogP contribution in [0.2, 0.25) is 0 Å². The molecule has 2 unspecified atom stereocenters. The Morgan fingerprint density at radius 1 is 1.29 bits per heavy atom. The van der Waals surface area contributed by atoms with Crippen molar-refractivity contribution in [2.75, 3.05) is 11.9 Å². The van der Waals surface area contributed by atoms with Gasteiger partial charge in [0.25, 0.3) is 0 Å². The van der Waals surface area contributed by atoms with Gasteiger partial charge in [-0.1, -0.05) is 32.8 Å². The zero-order valence-electron chi connectivity index (χ0n) is 11.3. The van der Waals surface area contributed by atoms with Crippen LogP contribution in [0.1, 0.15) is 45.1 Å². The molecule has 0 aliphatic heterocycles. The number of anilines is 1. The second-order valence-corrected chi connectivity index (χ2v) is 5.32. The second-order valence-electron chi connectivity index (χ2n) is 5.32. The van der Waals surface area contributed by atoms with Crippen molar-refractivity contribution in [3.05, 3.63) is 23.9 Å². The molecule has 1 saturated carbocycles. The van der Waals surface area contributed by atoms with E-state index in [9.17, 15) is 0 Å². The number of pyridine rings is 1. The van der Waals surface area contributed by atoms with Crippen LogP contribution in [0.5, 0.6) is 0 Å². The van der Waals surface area contributed by atoms with E-state index >= 15 is 0 Å². The fraction of sp³-hybridized carbons (Fsp3) is 0.667. The van der Waals surface area contributed by atoms with E-state index in [2.05, 4.69) is 42.9 Å². The van der Waals surface area contributed by atoms with E-state index in [0.29, 0.717) is 6.04 Å². The molecule has 1 heterocycles. The largest absolute Gasteiger partial charge is 0.356 e. The molecule has 2 rings (SSSR count). The van der Waals surface area contributed by atoms with Gasteiger partial charge in [0.15, 0.2) is 0 Å². The van der Waals surface area contributed by atoms with E-state index < -0.39 is 0 Å². The first-order valence-electron chi connectivity index (χ1n) is 6.90.